The largest absolute Gasteiger partial charge is 0.496 e. The number of hydrogen-bond donors (Lipinski definition) is 1. The molecule has 2 aromatic heterocycles. The highest BCUT2D eigenvalue weighted by atomic mass is 32.1. The number of para-hydroxylation sites is 1. The van der Waals surface area contributed by atoms with Crippen LogP contribution in [0.5, 0.6) is 5.75 Å². The van der Waals surface area contributed by atoms with Gasteiger partial charge in [-0.3, -0.25) is 9.59 Å². The SMILES string of the molecule is COc1ccccc1C(=O)N1CCC(c2nc(-c3nccs3)cc(=O)[nH]2)CC1. The molecule has 1 saturated heterocycles. The Morgan fingerprint density at radius 3 is 2.79 bits per heavy atom. The summed E-state index contributed by atoms with van der Waals surface area (Å²) in [5.74, 6) is 1.32. The lowest BCUT2D eigenvalue weighted by atomic mass is 9.95. The lowest BCUT2D eigenvalue weighted by Gasteiger charge is -2.31. The standard InChI is InChI=1S/C20H20N4O3S/c1-27-16-5-3-2-4-14(16)20(26)24-9-6-13(7-10-24)18-22-15(12-17(25)23-18)19-21-8-11-28-19/h2-5,8,11-13H,6-7,9-10H2,1H3,(H,22,23,25). The monoisotopic (exact) mass is 396 g/mol. The van der Waals surface area contributed by atoms with Crippen molar-refractivity contribution in [3.05, 3.63) is 63.7 Å². The van der Waals surface area contributed by atoms with Crippen molar-refractivity contribution in [3.8, 4) is 16.5 Å². The molecule has 144 valence electrons. The van der Waals surface area contributed by atoms with Crippen molar-refractivity contribution < 1.29 is 9.53 Å². The van der Waals surface area contributed by atoms with Crippen LogP contribution in [-0.2, 0) is 0 Å². The fraction of sp³-hybridized carbons (Fsp3) is 0.300. The molecule has 4 rings (SSSR count). The van der Waals surface area contributed by atoms with Crippen molar-refractivity contribution in [1.29, 1.82) is 0 Å². The van der Waals surface area contributed by atoms with Gasteiger partial charge in [0.2, 0.25) is 0 Å². The van der Waals surface area contributed by atoms with E-state index in [9.17, 15) is 9.59 Å². The van der Waals surface area contributed by atoms with E-state index in [0.29, 0.717) is 35.9 Å². The predicted octanol–water partition coefficient (Wildman–Crippen LogP) is 2.92. The van der Waals surface area contributed by atoms with Crippen LogP contribution < -0.4 is 10.3 Å². The molecule has 1 fully saturated rings. The number of thiazole rings is 1. The van der Waals surface area contributed by atoms with Crippen molar-refractivity contribution in [3.63, 3.8) is 0 Å². The Labute approximate surface area is 166 Å². The number of aromatic nitrogens is 3. The van der Waals surface area contributed by atoms with Gasteiger partial charge >= 0.3 is 0 Å². The Hall–Kier alpha value is -3.00. The second-order valence-electron chi connectivity index (χ2n) is 6.62. The van der Waals surface area contributed by atoms with Gasteiger partial charge in [-0.05, 0) is 25.0 Å². The summed E-state index contributed by atoms with van der Waals surface area (Å²) < 4.78 is 5.31. The van der Waals surface area contributed by atoms with Gasteiger partial charge in [0.1, 0.15) is 22.3 Å². The number of amides is 1. The van der Waals surface area contributed by atoms with Crippen molar-refractivity contribution in [2.45, 2.75) is 18.8 Å². The molecule has 0 bridgehead atoms. The molecule has 1 N–H and O–H groups in total. The smallest absolute Gasteiger partial charge is 0.257 e. The summed E-state index contributed by atoms with van der Waals surface area (Å²) >= 11 is 1.45. The Morgan fingerprint density at radius 1 is 1.29 bits per heavy atom. The fourth-order valence-electron chi connectivity index (χ4n) is 3.48. The number of ether oxygens (including phenoxy) is 1. The van der Waals surface area contributed by atoms with Gasteiger partial charge in [-0.1, -0.05) is 12.1 Å². The van der Waals surface area contributed by atoms with Crippen molar-refractivity contribution >= 4 is 17.2 Å². The number of piperidine rings is 1. The maximum Gasteiger partial charge on any atom is 0.257 e. The molecule has 0 unspecified atom stereocenters. The van der Waals surface area contributed by atoms with Gasteiger partial charge < -0.3 is 14.6 Å². The molecule has 1 aromatic carbocycles. The molecule has 28 heavy (non-hydrogen) atoms. The zero-order valence-electron chi connectivity index (χ0n) is 15.4. The molecule has 7 nitrogen and oxygen atoms in total. The number of nitrogens with one attached hydrogen (secondary N) is 1. The van der Waals surface area contributed by atoms with E-state index in [2.05, 4.69) is 15.0 Å². The number of rotatable bonds is 4. The number of likely N-dealkylation sites (tertiary alicyclic amines) is 1. The molecule has 0 aliphatic carbocycles. The summed E-state index contributed by atoms with van der Waals surface area (Å²) in [7, 11) is 1.57. The summed E-state index contributed by atoms with van der Waals surface area (Å²) in [5.41, 5.74) is 0.991. The number of aromatic amines is 1. The first kappa shape index (κ1) is 18.4. The van der Waals surface area contributed by atoms with Crippen LogP contribution in [0, 0.1) is 0 Å². The Morgan fingerprint density at radius 2 is 2.07 bits per heavy atom. The molecule has 0 radical (unpaired) electrons. The molecular formula is C20H20N4O3S. The molecule has 8 heteroatoms. The fourth-order valence-corrected chi connectivity index (χ4v) is 4.07. The second-order valence-corrected chi connectivity index (χ2v) is 7.51. The number of carbonyl (C=O) groups excluding carboxylic acids is 1. The van der Waals surface area contributed by atoms with E-state index in [1.807, 2.05) is 22.4 Å². The highest BCUT2D eigenvalue weighted by Gasteiger charge is 2.27. The van der Waals surface area contributed by atoms with Gasteiger partial charge in [-0.2, -0.15) is 0 Å². The number of H-pyrrole nitrogens is 1. The number of hydrogen-bond acceptors (Lipinski definition) is 6. The maximum absolute atomic E-state index is 12.9. The van der Waals surface area contributed by atoms with Crippen LogP contribution in [0.3, 0.4) is 0 Å². The van der Waals surface area contributed by atoms with Crippen LogP contribution in [0.1, 0.15) is 34.9 Å². The molecule has 1 amide bonds. The summed E-state index contributed by atoms with van der Waals surface area (Å²) in [5, 5.41) is 2.59. The van der Waals surface area contributed by atoms with Gasteiger partial charge in [0.05, 0.1) is 12.7 Å². The summed E-state index contributed by atoms with van der Waals surface area (Å²) in [6.45, 7) is 1.21. The van der Waals surface area contributed by atoms with Crippen LogP contribution in [0.15, 0.2) is 46.7 Å². The lowest BCUT2D eigenvalue weighted by molar-refractivity contribution is 0.0707. The molecule has 1 aliphatic heterocycles. The van der Waals surface area contributed by atoms with E-state index in [4.69, 9.17) is 4.74 Å². The minimum absolute atomic E-state index is 0.0334. The van der Waals surface area contributed by atoms with Crippen LogP contribution in [0.25, 0.3) is 10.7 Å². The lowest BCUT2D eigenvalue weighted by Crippen LogP contribution is -2.38. The van der Waals surface area contributed by atoms with Crippen LogP contribution >= 0.6 is 11.3 Å². The zero-order valence-corrected chi connectivity index (χ0v) is 16.2. The summed E-state index contributed by atoms with van der Waals surface area (Å²) in [6, 6.07) is 8.73. The molecule has 3 aromatic rings. The van der Waals surface area contributed by atoms with Gasteiger partial charge in [0, 0.05) is 36.7 Å². The topological polar surface area (TPSA) is 88.2 Å². The van der Waals surface area contributed by atoms with Crippen LogP contribution in [-0.4, -0.2) is 46.0 Å². The molecule has 0 spiro atoms. The third-order valence-electron chi connectivity index (χ3n) is 4.92. The number of benzene rings is 1. The summed E-state index contributed by atoms with van der Waals surface area (Å²) in [6.07, 6.45) is 3.18. The zero-order chi connectivity index (χ0) is 19.5. The van der Waals surface area contributed by atoms with Crippen molar-refractivity contribution in [2.75, 3.05) is 20.2 Å². The highest BCUT2D eigenvalue weighted by Crippen LogP contribution is 2.29. The Balaban J connectivity index is 1.49. The molecular weight excluding hydrogens is 376 g/mol. The van der Waals surface area contributed by atoms with E-state index in [1.54, 1.807) is 25.4 Å². The van der Waals surface area contributed by atoms with E-state index in [-0.39, 0.29) is 17.4 Å². The average molecular weight is 396 g/mol. The minimum atomic E-state index is -0.178. The minimum Gasteiger partial charge on any atom is -0.496 e. The third-order valence-corrected chi connectivity index (χ3v) is 5.71. The van der Waals surface area contributed by atoms with E-state index in [0.717, 1.165) is 17.8 Å². The molecule has 0 saturated carbocycles. The van der Waals surface area contributed by atoms with Gasteiger partial charge in [-0.25, -0.2) is 9.97 Å². The molecule has 1 aliphatic rings. The number of carbonyl (C=O) groups is 1. The normalized spacial score (nSPS) is 14.8. The molecule has 3 heterocycles. The van der Waals surface area contributed by atoms with Gasteiger partial charge in [0.25, 0.3) is 11.5 Å². The van der Waals surface area contributed by atoms with Crippen molar-refractivity contribution in [1.82, 2.24) is 19.9 Å². The second kappa shape index (κ2) is 7.93. The Bertz CT molecular complexity index is 1020. The first-order valence-corrected chi connectivity index (χ1v) is 9.97. The summed E-state index contributed by atoms with van der Waals surface area (Å²) in [4.78, 5) is 38.5. The van der Waals surface area contributed by atoms with Gasteiger partial charge in [0.15, 0.2) is 0 Å². The van der Waals surface area contributed by atoms with E-state index in [1.165, 1.54) is 17.4 Å². The van der Waals surface area contributed by atoms with Gasteiger partial charge in [-0.15, -0.1) is 11.3 Å². The van der Waals surface area contributed by atoms with Crippen molar-refractivity contribution in [2.24, 2.45) is 0 Å². The number of methoxy groups -OCH3 is 1. The maximum atomic E-state index is 12.9. The first-order valence-electron chi connectivity index (χ1n) is 9.09. The average Bonchev–Trinajstić information content (AvgIpc) is 3.28. The van der Waals surface area contributed by atoms with E-state index < -0.39 is 0 Å². The Kier molecular flexibility index (Phi) is 5.21. The van der Waals surface area contributed by atoms with Crippen LogP contribution in [0.4, 0.5) is 0 Å². The molecule has 0 atom stereocenters. The highest BCUT2D eigenvalue weighted by molar-refractivity contribution is 7.13. The van der Waals surface area contributed by atoms with E-state index >= 15 is 0 Å². The van der Waals surface area contributed by atoms with Crippen LogP contribution in [0.2, 0.25) is 0 Å². The third kappa shape index (κ3) is 3.68. The quantitative estimate of drug-likeness (QED) is 0.733. The predicted molar refractivity (Wildman–Crippen MR) is 107 cm³/mol. The first-order chi connectivity index (χ1) is 13.7. The number of nitrogens with zero attached hydrogens (tertiary/aromatic N) is 3.